The highest BCUT2D eigenvalue weighted by molar-refractivity contribution is 6.04. The second-order valence-corrected chi connectivity index (χ2v) is 19.0. The molecule has 8 unspecified atom stereocenters. The number of likely N-dealkylation sites (N-methyl/N-ethyl adjacent to an activating group) is 1. The summed E-state index contributed by atoms with van der Waals surface area (Å²) in [5, 5.41) is 3.22. The van der Waals surface area contributed by atoms with Crippen LogP contribution in [-0.4, -0.2) is 80.9 Å². The van der Waals surface area contributed by atoms with E-state index >= 15 is 0 Å². The monoisotopic (exact) mass is 651 g/mol. The molecule has 0 aromatic carbocycles. The first-order valence-corrected chi connectivity index (χ1v) is 19.0. The fourth-order valence-corrected chi connectivity index (χ4v) is 12.7. The zero-order valence-corrected chi connectivity index (χ0v) is 31.2. The molecule has 1 N–H and O–H groups in total. The molecule has 7 heteroatoms. The van der Waals surface area contributed by atoms with Crippen LogP contribution in [0.5, 0.6) is 0 Å². The smallest absolute Gasteiger partial charge is 0.312 e. The number of nitrogens with one attached hydrogen (secondary N) is 1. The Hall–Kier alpha value is -1.73. The first-order chi connectivity index (χ1) is 21.9. The number of methoxy groups -OCH3 is 1. The summed E-state index contributed by atoms with van der Waals surface area (Å²) in [7, 11) is 3.74. The molecular weight excluding hydrogens is 586 g/mol. The van der Waals surface area contributed by atoms with Gasteiger partial charge in [-0.2, -0.15) is 0 Å². The standard InChI is InChI=1S/C40H65N3O4/c1-35(2)15-17-40(34(46)47-9)18-16-38(6)28(29(40)26-35)11-12-31-37(5)25-27(32(44)36(3,4)30(37)13-14-39(31,38)7)33(45)41-19-10-20-43-23-21-42(8)22-24-43/h11,27,29-31H,10,12-26H2,1-9H3,(H,41,45). The molecule has 0 spiro atoms. The molecule has 0 radical (unpaired) electrons. The molecule has 6 aliphatic rings. The summed E-state index contributed by atoms with van der Waals surface area (Å²) in [6.07, 6.45) is 12.1. The Labute approximate surface area is 285 Å². The largest absolute Gasteiger partial charge is 0.469 e. The van der Waals surface area contributed by atoms with E-state index in [1.54, 1.807) is 7.11 Å². The van der Waals surface area contributed by atoms with Crippen molar-refractivity contribution in [2.24, 2.45) is 56.2 Å². The number of carbonyl (C=O) groups is 3. The molecule has 5 fully saturated rings. The van der Waals surface area contributed by atoms with Gasteiger partial charge in [0.15, 0.2) is 5.78 Å². The lowest BCUT2D eigenvalue weighted by atomic mass is 9.33. The van der Waals surface area contributed by atoms with Crippen LogP contribution in [0.1, 0.15) is 113 Å². The summed E-state index contributed by atoms with van der Waals surface area (Å²) in [5.41, 5.74) is 0.650. The van der Waals surface area contributed by atoms with E-state index in [0.29, 0.717) is 18.9 Å². The minimum absolute atomic E-state index is 0.00572. The number of allylic oxidation sites excluding steroid dienone is 2. The maximum absolute atomic E-state index is 14.1. The number of Topliss-reactive ketones (excluding diaryl/α,β-unsaturated/α-hetero) is 1. The number of rotatable bonds is 6. The predicted molar refractivity (Wildman–Crippen MR) is 186 cm³/mol. The number of amides is 1. The van der Waals surface area contributed by atoms with Crippen molar-refractivity contribution in [3.8, 4) is 0 Å². The van der Waals surface area contributed by atoms with E-state index in [0.717, 1.165) is 90.5 Å². The van der Waals surface area contributed by atoms with Crippen LogP contribution in [-0.2, 0) is 19.1 Å². The zero-order chi connectivity index (χ0) is 34.2. The summed E-state index contributed by atoms with van der Waals surface area (Å²) >= 11 is 0. The zero-order valence-electron chi connectivity index (χ0n) is 31.2. The van der Waals surface area contributed by atoms with Crippen molar-refractivity contribution in [2.75, 3.05) is 53.4 Å². The van der Waals surface area contributed by atoms with E-state index in [-0.39, 0.29) is 51.2 Å². The molecule has 1 heterocycles. The van der Waals surface area contributed by atoms with Gasteiger partial charge in [-0.25, -0.2) is 0 Å². The van der Waals surface area contributed by atoms with E-state index in [1.165, 1.54) is 5.57 Å². The van der Waals surface area contributed by atoms with Crippen molar-refractivity contribution in [1.29, 1.82) is 0 Å². The first kappa shape index (κ1) is 35.1. The predicted octanol–water partition coefficient (Wildman–Crippen LogP) is 6.51. The second-order valence-electron chi connectivity index (χ2n) is 19.0. The Morgan fingerprint density at radius 2 is 1.60 bits per heavy atom. The van der Waals surface area contributed by atoms with Gasteiger partial charge >= 0.3 is 5.97 Å². The van der Waals surface area contributed by atoms with E-state index in [4.69, 9.17) is 4.74 Å². The number of ether oxygens (including phenoxy) is 1. The topological polar surface area (TPSA) is 79.0 Å². The first-order valence-electron chi connectivity index (χ1n) is 19.0. The van der Waals surface area contributed by atoms with Crippen molar-refractivity contribution >= 4 is 17.7 Å². The molecule has 4 saturated carbocycles. The minimum atomic E-state index is -0.590. The Balaban J connectivity index is 1.25. The molecule has 6 rings (SSSR count). The van der Waals surface area contributed by atoms with Crippen LogP contribution >= 0.6 is 0 Å². The fraction of sp³-hybridized carbons (Fsp3) is 0.875. The van der Waals surface area contributed by atoms with E-state index < -0.39 is 16.7 Å². The van der Waals surface area contributed by atoms with Crippen LogP contribution in [0.25, 0.3) is 0 Å². The van der Waals surface area contributed by atoms with Gasteiger partial charge in [-0.1, -0.05) is 60.1 Å². The van der Waals surface area contributed by atoms with Crippen molar-refractivity contribution in [1.82, 2.24) is 15.1 Å². The summed E-state index contributed by atoms with van der Waals surface area (Å²) < 4.78 is 5.55. The van der Waals surface area contributed by atoms with Gasteiger partial charge in [-0.3, -0.25) is 14.4 Å². The summed E-state index contributed by atoms with van der Waals surface area (Å²) in [4.78, 5) is 46.4. The molecule has 8 atom stereocenters. The number of ketones is 1. The SMILES string of the molecule is COC(=O)C12CCC(C)(C)CC1C1=CCC3C4(C)CC(C(=O)NCCCN5CCN(C)CC5)C(=O)C(C)(C)C4CCC3(C)C1(C)CC2. The van der Waals surface area contributed by atoms with E-state index in [9.17, 15) is 14.4 Å². The Morgan fingerprint density at radius 1 is 0.915 bits per heavy atom. The van der Waals surface area contributed by atoms with Crippen molar-refractivity contribution in [3.05, 3.63) is 11.6 Å². The quantitative estimate of drug-likeness (QED) is 0.153. The van der Waals surface area contributed by atoms with Gasteiger partial charge in [-0.15, -0.1) is 0 Å². The molecule has 0 aromatic heterocycles. The normalized spacial score (nSPS) is 43.0. The Morgan fingerprint density at radius 3 is 2.28 bits per heavy atom. The van der Waals surface area contributed by atoms with Crippen molar-refractivity contribution in [2.45, 2.75) is 113 Å². The number of fused-ring (bicyclic) bond motifs is 7. The third kappa shape index (κ3) is 5.38. The number of carbonyl (C=O) groups excluding carboxylic acids is 3. The lowest BCUT2D eigenvalue weighted by molar-refractivity contribution is -0.196. The molecule has 0 bridgehead atoms. The van der Waals surface area contributed by atoms with Crippen LogP contribution in [0.4, 0.5) is 0 Å². The molecule has 264 valence electrons. The molecule has 7 nitrogen and oxygen atoms in total. The van der Waals surface area contributed by atoms with Crippen LogP contribution in [0.3, 0.4) is 0 Å². The van der Waals surface area contributed by atoms with Gasteiger partial charge in [-0.05, 0) is 117 Å². The highest BCUT2D eigenvalue weighted by Gasteiger charge is 2.70. The fourth-order valence-electron chi connectivity index (χ4n) is 12.7. The third-order valence-corrected chi connectivity index (χ3v) is 15.8. The average molecular weight is 652 g/mol. The van der Waals surface area contributed by atoms with Crippen LogP contribution in [0.15, 0.2) is 11.6 Å². The number of hydrogen-bond acceptors (Lipinski definition) is 6. The molecular formula is C40H65N3O4. The summed E-state index contributed by atoms with van der Waals surface area (Å²) in [5.74, 6) is 0.340. The van der Waals surface area contributed by atoms with Gasteiger partial charge in [0.25, 0.3) is 0 Å². The summed E-state index contributed by atoms with van der Waals surface area (Å²) in [6, 6.07) is 0. The number of piperazine rings is 1. The van der Waals surface area contributed by atoms with Gasteiger partial charge in [0.2, 0.25) is 5.91 Å². The maximum atomic E-state index is 14.1. The molecule has 1 aliphatic heterocycles. The minimum Gasteiger partial charge on any atom is -0.469 e. The van der Waals surface area contributed by atoms with E-state index in [2.05, 4.69) is 76.7 Å². The van der Waals surface area contributed by atoms with Gasteiger partial charge in [0.1, 0.15) is 0 Å². The van der Waals surface area contributed by atoms with Gasteiger partial charge in [0, 0.05) is 38.1 Å². The van der Waals surface area contributed by atoms with Gasteiger partial charge in [0.05, 0.1) is 18.4 Å². The summed E-state index contributed by atoms with van der Waals surface area (Å²) in [6.45, 7) is 22.5. The number of nitrogens with zero attached hydrogens (tertiary/aromatic N) is 2. The molecule has 47 heavy (non-hydrogen) atoms. The number of esters is 1. The lowest BCUT2D eigenvalue weighted by Crippen LogP contribution is -2.66. The van der Waals surface area contributed by atoms with Gasteiger partial charge < -0.3 is 19.9 Å². The third-order valence-electron chi connectivity index (χ3n) is 15.8. The highest BCUT2D eigenvalue weighted by atomic mass is 16.5. The number of hydrogen-bond donors (Lipinski definition) is 1. The molecule has 0 aromatic rings. The van der Waals surface area contributed by atoms with Crippen LogP contribution in [0.2, 0.25) is 0 Å². The van der Waals surface area contributed by atoms with Crippen molar-refractivity contribution < 1.29 is 19.1 Å². The van der Waals surface area contributed by atoms with Crippen molar-refractivity contribution in [3.63, 3.8) is 0 Å². The van der Waals surface area contributed by atoms with Crippen LogP contribution < -0.4 is 5.32 Å². The molecule has 1 saturated heterocycles. The highest BCUT2D eigenvalue weighted by Crippen LogP contribution is 2.75. The van der Waals surface area contributed by atoms with E-state index in [1.807, 2.05) is 0 Å². The lowest BCUT2D eigenvalue weighted by Gasteiger charge is -2.71. The molecule has 1 amide bonds. The molecule has 5 aliphatic carbocycles. The maximum Gasteiger partial charge on any atom is 0.312 e. The average Bonchev–Trinajstić information content (AvgIpc) is 3.01. The Kier molecular flexibility index (Phi) is 8.93. The van der Waals surface area contributed by atoms with Crippen LogP contribution in [0, 0.1) is 56.2 Å². The second kappa shape index (κ2) is 12.0. The Bertz CT molecular complexity index is 1300.